The quantitative estimate of drug-likeness (QED) is 0.804. The molecular weight excluding hydrogens is 238 g/mol. The first-order chi connectivity index (χ1) is 9.29. The summed E-state index contributed by atoms with van der Waals surface area (Å²) in [5.74, 6) is 0.281. The third-order valence-corrected chi connectivity index (χ3v) is 5.09. The lowest BCUT2D eigenvalue weighted by atomic mass is 9.93. The Morgan fingerprint density at radius 2 is 2.00 bits per heavy atom. The van der Waals surface area contributed by atoms with Gasteiger partial charge in [-0.15, -0.1) is 0 Å². The first-order valence-corrected chi connectivity index (χ1v) is 8.08. The second-order valence-corrected chi connectivity index (χ2v) is 6.40. The number of nitrogens with zero attached hydrogens (tertiary/aromatic N) is 1. The average molecular weight is 265 g/mol. The summed E-state index contributed by atoms with van der Waals surface area (Å²) in [5, 5.41) is 6.73. The SMILES string of the molecule is CCCNC1CC2CCC(C1)N2C1CCCNC1=O. The minimum Gasteiger partial charge on any atom is -0.355 e. The van der Waals surface area contributed by atoms with Crippen LogP contribution in [-0.4, -0.2) is 48.1 Å². The van der Waals surface area contributed by atoms with Crippen LogP contribution in [0.5, 0.6) is 0 Å². The lowest BCUT2D eigenvalue weighted by Crippen LogP contribution is -2.58. The maximum Gasteiger partial charge on any atom is 0.237 e. The van der Waals surface area contributed by atoms with Gasteiger partial charge in [-0.2, -0.15) is 0 Å². The highest BCUT2D eigenvalue weighted by Crippen LogP contribution is 2.38. The first-order valence-electron chi connectivity index (χ1n) is 8.08. The number of rotatable bonds is 4. The molecule has 0 aromatic carbocycles. The minimum absolute atomic E-state index is 0.165. The van der Waals surface area contributed by atoms with Crippen molar-refractivity contribution in [3.8, 4) is 0 Å². The van der Waals surface area contributed by atoms with Crippen molar-refractivity contribution < 1.29 is 4.79 Å². The van der Waals surface area contributed by atoms with Crippen LogP contribution in [0.4, 0.5) is 0 Å². The molecule has 4 nitrogen and oxygen atoms in total. The maximum absolute atomic E-state index is 12.1. The predicted molar refractivity (Wildman–Crippen MR) is 76.0 cm³/mol. The van der Waals surface area contributed by atoms with E-state index >= 15 is 0 Å². The van der Waals surface area contributed by atoms with Crippen LogP contribution in [0, 0.1) is 0 Å². The van der Waals surface area contributed by atoms with E-state index < -0.39 is 0 Å². The summed E-state index contributed by atoms with van der Waals surface area (Å²) in [6.07, 6.45) is 8.47. The van der Waals surface area contributed by atoms with Gasteiger partial charge < -0.3 is 10.6 Å². The molecule has 3 rings (SSSR count). The molecule has 0 aromatic rings. The van der Waals surface area contributed by atoms with Crippen molar-refractivity contribution in [1.82, 2.24) is 15.5 Å². The molecule has 3 heterocycles. The van der Waals surface area contributed by atoms with Gasteiger partial charge in [-0.1, -0.05) is 6.92 Å². The van der Waals surface area contributed by atoms with E-state index in [1.54, 1.807) is 0 Å². The fraction of sp³-hybridized carbons (Fsp3) is 0.933. The molecule has 0 aromatic heterocycles. The van der Waals surface area contributed by atoms with Crippen LogP contribution in [0.25, 0.3) is 0 Å². The molecule has 2 N–H and O–H groups in total. The third-order valence-electron chi connectivity index (χ3n) is 5.09. The summed E-state index contributed by atoms with van der Waals surface area (Å²) in [4.78, 5) is 14.7. The summed E-state index contributed by atoms with van der Waals surface area (Å²) >= 11 is 0. The standard InChI is InChI=1S/C15H27N3O/c1-2-7-16-11-9-12-5-6-13(10-11)18(12)14-4-3-8-17-15(14)19/h11-14,16H,2-10H2,1H3,(H,17,19). The van der Waals surface area contributed by atoms with E-state index in [1.165, 1.54) is 32.1 Å². The zero-order valence-corrected chi connectivity index (χ0v) is 12.0. The smallest absolute Gasteiger partial charge is 0.237 e. The van der Waals surface area contributed by atoms with E-state index in [4.69, 9.17) is 0 Å². The molecule has 3 unspecified atom stereocenters. The maximum atomic E-state index is 12.1. The number of hydrogen-bond donors (Lipinski definition) is 2. The van der Waals surface area contributed by atoms with E-state index in [0.29, 0.717) is 18.1 Å². The summed E-state index contributed by atoms with van der Waals surface area (Å²) < 4.78 is 0. The van der Waals surface area contributed by atoms with Gasteiger partial charge in [-0.25, -0.2) is 0 Å². The molecule has 2 bridgehead atoms. The lowest BCUT2D eigenvalue weighted by Gasteiger charge is -2.44. The van der Waals surface area contributed by atoms with Crippen LogP contribution < -0.4 is 10.6 Å². The van der Waals surface area contributed by atoms with Crippen molar-refractivity contribution in [3.63, 3.8) is 0 Å². The number of hydrogen-bond acceptors (Lipinski definition) is 3. The van der Waals surface area contributed by atoms with Gasteiger partial charge >= 0.3 is 0 Å². The number of piperidine rings is 2. The lowest BCUT2D eigenvalue weighted by molar-refractivity contribution is -0.130. The molecule has 0 spiro atoms. The first kappa shape index (κ1) is 13.4. The van der Waals surface area contributed by atoms with Gasteiger partial charge in [-0.3, -0.25) is 9.69 Å². The fourth-order valence-electron chi connectivity index (χ4n) is 4.28. The Kier molecular flexibility index (Phi) is 4.08. The normalized spacial score (nSPS) is 39.3. The fourth-order valence-corrected chi connectivity index (χ4v) is 4.28. The summed E-state index contributed by atoms with van der Waals surface area (Å²) in [6.45, 7) is 4.23. The van der Waals surface area contributed by atoms with Crippen LogP contribution in [0.2, 0.25) is 0 Å². The molecule has 19 heavy (non-hydrogen) atoms. The molecule has 0 saturated carbocycles. The number of amides is 1. The zero-order valence-electron chi connectivity index (χ0n) is 12.0. The molecule has 0 radical (unpaired) electrons. The molecule has 3 fully saturated rings. The Morgan fingerprint density at radius 3 is 2.63 bits per heavy atom. The highest BCUT2D eigenvalue weighted by molar-refractivity contribution is 5.82. The molecule has 108 valence electrons. The van der Waals surface area contributed by atoms with Crippen LogP contribution >= 0.6 is 0 Å². The van der Waals surface area contributed by atoms with Gasteiger partial charge in [0.2, 0.25) is 5.91 Å². The van der Waals surface area contributed by atoms with Gasteiger partial charge in [0.25, 0.3) is 0 Å². The number of carbonyl (C=O) groups is 1. The Labute approximate surface area is 116 Å². The Bertz CT molecular complexity index is 319. The van der Waals surface area contributed by atoms with E-state index in [9.17, 15) is 4.79 Å². The van der Waals surface area contributed by atoms with Crippen LogP contribution in [0.3, 0.4) is 0 Å². The Balaban J connectivity index is 1.64. The molecular formula is C15H27N3O. The summed E-state index contributed by atoms with van der Waals surface area (Å²) in [7, 11) is 0. The molecule has 4 heteroatoms. The molecule has 0 aliphatic carbocycles. The van der Waals surface area contributed by atoms with E-state index in [2.05, 4.69) is 22.5 Å². The molecule has 3 atom stereocenters. The van der Waals surface area contributed by atoms with Crippen molar-refractivity contribution in [2.45, 2.75) is 76.0 Å². The van der Waals surface area contributed by atoms with Gasteiger partial charge in [0, 0.05) is 24.7 Å². The van der Waals surface area contributed by atoms with Gasteiger partial charge in [0.15, 0.2) is 0 Å². The molecule has 1 amide bonds. The van der Waals surface area contributed by atoms with Crippen LogP contribution in [0.15, 0.2) is 0 Å². The summed E-state index contributed by atoms with van der Waals surface area (Å²) in [6, 6.07) is 2.13. The van der Waals surface area contributed by atoms with Crippen molar-refractivity contribution in [2.75, 3.05) is 13.1 Å². The minimum atomic E-state index is 0.165. The molecule has 3 aliphatic heterocycles. The molecule has 3 saturated heterocycles. The third kappa shape index (κ3) is 2.65. The van der Waals surface area contributed by atoms with E-state index in [1.807, 2.05) is 0 Å². The van der Waals surface area contributed by atoms with Gasteiger partial charge in [0.1, 0.15) is 0 Å². The van der Waals surface area contributed by atoms with Gasteiger partial charge in [-0.05, 0) is 51.5 Å². The average Bonchev–Trinajstić information content (AvgIpc) is 2.68. The van der Waals surface area contributed by atoms with Gasteiger partial charge in [0.05, 0.1) is 6.04 Å². The monoisotopic (exact) mass is 265 g/mol. The van der Waals surface area contributed by atoms with Crippen LogP contribution in [-0.2, 0) is 4.79 Å². The second-order valence-electron chi connectivity index (χ2n) is 6.40. The second kappa shape index (κ2) is 5.80. The van der Waals surface area contributed by atoms with E-state index in [-0.39, 0.29) is 11.9 Å². The Morgan fingerprint density at radius 1 is 1.26 bits per heavy atom. The number of carbonyl (C=O) groups excluding carboxylic acids is 1. The van der Waals surface area contributed by atoms with Crippen molar-refractivity contribution in [3.05, 3.63) is 0 Å². The molecule has 3 aliphatic rings. The van der Waals surface area contributed by atoms with Crippen molar-refractivity contribution >= 4 is 5.91 Å². The van der Waals surface area contributed by atoms with Crippen molar-refractivity contribution in [2.24, 2.45) is 0 Å². The highest BCUT2D eigenvalue weighted by Gasteiger charge is 2.45. The van der Waals surface area contributed by atoms with Crippen molar-refractivity contribution in [1.29, 1.82) is 0 Å². The largest absolute Gasteiger partial charge is 0.355 e. The number of fused-ring (bicyclic) bond motifs is 2. The topological polar surface area (TPSA) is 44.4 Å². The van der Waals surface area contributed by atoms with E-state index in [0.717, 1.165) is 25.9 Å². The summed E-state index contributed by atoms with van der Waals surface area (Å²) in [5.41, 5.74) is 0. The Hall–Kier alpha value is -0.610. The number of nitrogens with one attached hydrogen (secondary N) is 2. The predicted octanol–water partition coefficient (Wildman–Crippen LogP) is 1.26. The zero-order chi connectivity index (χ0) is 13.2. The van der Waals surface area contributed by atoms with Crippen LogP contribution in [0.1, 0.15) is 51.9 Å². The highest BCUT2D eigenvalue weighted by atomic mass is 16.2.